The van der Waals surface area contributed by atoms with Crippen LogP contribution in [0.3, 0.4) is 0 Å². The summed E-state index contributed by atoms with van der Waals surface area (Å²) < 4.78 is 329. The molecule has 0 aromatic heterocycles. The minimum absolute atomic E-state index is 0.0418. The zero-order chi connectivity index (χ0) is 54.4. The minimum atomic E-state index is -2.84. The number of hydrogen-bond donors (Lipinski definition) is 0. The van der Waals surface area contributed by atoms with E-state index in [9.17, 15) is 61.5 Å². The van der Waals surface area contributed by atoms with Gasteiger partial charge in [-0.1, -0.05) is 18.2 Å². The Bertz CT molecular complexity index is 3510. The molecule has 0 aliphatic heterocycles. The lowest BCUT2D eigenvalue weighted by Gasteiger charge is -2.32. The molecular formula is C50H20F22N2. The molecule has 1 atom stereocenters. The van der Waals surface area contributed by atoms with Crippen molar-refractivity contribution in [2.75, 3.05) is 9.80 Å². The van der Waals surface area contributed by atoms with Crippen molar-refractivity contribution in [2.45, 2.75) is 26.2 Å². The topological polar surface area (TPSA) is 6.48 Å². The maximum absolute atomic E-state index is 16.2. The molecule has 7 aromatic carbocycles. The van der Waals surface area contributed by atoms with Crippen molar-refractivity contribution in [1.82, 2.24) is 0 Å². The van der Waals surface area contributed by atoms with Gasteiger partial charge in [0.2, 0.25) is 11.6 Å². The van der Waals surface area contributed by atoms with Crippen LogP contribution in [-0.4, -0.2) is 0 Å². The number of benzene rings is 7. The van der Waals surface area contributed by atoms with Crippen molar-refractivity contribution >= 4 is 28.4 Å². The van der Waals surface area contributed by atoms with Gasteiger partial charge in [-0.25, -0.2) is 96.6 Å². The van der Waals surface area contributed by atoms with E-state index < -0.39 is 190 Å². The molecule has 7 aromatic rings. The van der Waals surface area contributed by atoms with Gasteiger partial charge in [-0.3, -0.25) is 0 Å². The van der Waals surface area contributed by atoms with Gasteiger partial charge in [-0.2, -0.15) is 0 Å². The zero-order valence-corrected chi connectivity index (χ0v) is 36.3. The molecule has 74 heavy (non-hydrogen) atoms. The smallest absolute Gasteiger partial charge is 0.200 e. The second-order valence-corrected chi connectivity index (χ2v) is 16.1. The third-order valence-electron chi connectivity index (χ3n) is 11.8. The highest BCUT2D eigenvalue weighted by Gasteiger charge is 2.39. The molecule has 1 aliphatic carbocycles. The third kappa shape index (κ3) is 8.22. The van der Waals surface area contributed by atoms with Crippen LogP contribution in [-0.2, 0) is 0 Å². The summed E-state index contributed by atoms with van der Waals surface area (Å²) in [6, 6.07) is 6.00. The third-order valence-corrected chi connectivity index (χ3v) is 11.8. The number of allylic oxidation sites excluding steroid dienone is 3. The van der Waals surface area contributed by atoms with Gasteiger partial charge in [0.1, 0.15) is 11.4 Å². The second-order valence-electron chi connectivity index (χ2n) is 16.1. The highest BCUT2D eigenvalue weighted by molar-refractivity contribution is 5.82. The van der Waals surface area contributed by atoms with E-state index in [0.717, 1.165) is 18.2 Å². The highest BCUT2D eigenvalue weighted by Crippen LogP contribution is 2.49. The molecule has 0 spiro atoms. The van der Waals surface area contributed by atoms with Gasteiger partial charge < -0.3 is 9.80 Å². The van der Waals surface area contributed by atoms with E-state index in [1.54, 1.807) is 0 Å². The number of halogens is 22. The lowest BCUT2D eigenvalue weighted by Crippen LogP contribution is -2.23. The Morgan fingerprint density at radius 2 is 0.689 bits per heavy atom. The van der Waals surface area contributed by atoms with Gasteiger partial charge in [0.05, 0.1) is 22.3 Å². The van der Waals surface area contributed by atoms with Gasteiger partial charge >= 0.3 is 0 Å². The molecule has 0 heterocycles. The zero-order valence-electron chi connectivity index (χ0n) is 36.3. The first-order valence-corrected chi connectivity index (χ1v) is 20.5. The highest BCUT2D eigenvalue weighted by atomic mass is 19.2. The molecular weight excluding hydrogens is 1050 g/mol. The van der Waals surface area contributed by atoms with E-state index in [4.69, 9.17) is 0 Å². The summed E-state index contributed by atoms with van der Waals surface area (Å²) in [6.07, 6.45) is 1.88. The molecule has 1 unspecified atom stereocenters. The Hall–Kier alpha value is -7.92. The molecule has 2 nitrogen and oxygen atoms in total. The number of aryl methyl sites for hydroxylation is 1. The summed E-state index contributed by atoms with van der Waals surface area (Å²) >= 11 is 0. The van der Waals surface area contributed by atoms with E-state index in [2.05, 4.69) is 0 Å². The Balaban J connectivity index is 1.23. The maximum atomic E-state index is 16.2. The number of anilines is 5. The standard InChI is InChI=1S/C50H20F22N2/c1-15-11-17(3-9-25(15)73(19-5-7-21(51)23(53)13-19)49-45(69)35(59)29(36(60)46(49)70)27-31(55)39(63)43(67)40(64)32(27)56)18-4-10-26(16(2)12-18)74(20-6-8-22(52)24(54)14-20)50-47(71)37(61)30(38(62)48(50)72)28-33(57)41(65)44(68)42(66)34(28)58/h3-11,13-14,18H,12H2,1-2H3. The van der Waals surface area contributed by atoms with Crippen LogP contribution >= 0.6 is 0 Å². The van der Waals surface area contributed by atoms with Crippen LogP contribution in [0.2, 0.25) is 0 Å². The summed E-state index contributed by atoms with van der Waals surface area (Å²) in [5.41, 5.74) is -15.9. The molecule has 1 aliphatic rings. The molecule has 0 amide bonds. The lowest BCUT2D eigenvalue weighted by atomic mass is 9.86. The van der Waals surface area contributed by atoms with Crippen LogP contribution in [0.25, 0.3) is 22.3 Å². The van der Waals surface area contributed by atoms with Gasteiger partial charge in [-0.15, -0.1) is 0 Å². The van der Waals surface area contributed by atoms with Crippen molar-refractivity contribution in [2.24, 2.45) is 0 Å². The van der Waals surface area contributed by atoms with E-state index in [1.807, 2.05) is 0 Å². The van der Waals surface area contributed by atoms with Crippen molar-refractivity contribution in [3.05, 3.63) is 217 Å². The molecule has 0 saturated heterocycles. The minimum Gasteiger partial charge on any atom is -0.305 e. The normalized spacial score (nSPS) is 13.6. The van der Waals surface area contributed by atoms with Crippen molar-refractivity contribution in [3.8, 4) is 22.3 Å². The van der Waals surface area contributed by atoms with Gasteiger partial charge in [0.15, 0.2) is 116 Å². The van der Waals surface area contributed by atoms with Crippen LogP contribution in [0, 0.1) is 135 Å². The molecule has 0 N–H and O–H groups in total. The molecule has 0 saturated carbocycles. The van der Waals surface area contributed by atoms with Gasteiger partial charge in [0, 0.05) is 40.8 Å². The number of nitrogens with zero attached hydrogens (tertiary/aromatic N) is 2. The molecule has 0 fully saturated rings. The quantitative estimate of drug-likeness (QED) is 0.0808. The van der Waals surface area contributed by atoms with E-state index in [-0.39, 0.29) is 39.0 Å². The molecule has 0 bridgehead atoms. The Morgan fingerprint density at radius 3 is 1.04 bits per heavy atom. The lowest BCUT2D eigenvalue weighted by molar-refractivity contribution is 0.379. The predicted molar refractivity (Wildman–Crippen MR) is 220 cm³/mol. The van der Waals surface area contributed by atoms with Gasteiger partial charge in [-0.05, 0) is 73.4 Å². The fourth-order valence-electron chi connectivity index (χ4n) is 8.25. The Morgan fingerprint density at radius 1 is 0.351 bits per heavy atom. The van der Waals surface area contributed by atoms with Crippen LogP contribution in [0.1, 0.15) is 30.4 Å². The molecule has 24 heteroatoms. The SMILES string of the molecule is CC1=C(N(c2ccc(F)c(F)c2)c2c(F)c(F)c(-c3c(F)c(F)c(F)c(F)c3F)c(F)c2F)C=CC(c2ccc(N(c3ccc(F)c(F)c3)c3c(F)c(F)c(-c4c(F)c(F)c(F)c(F)c4F)c(F)c3F)c(C)c2)C1. The fraction of sp³-hybridized carbons (Fsp3) is 0.0800. The summed E-state index contributed by atoms with van der Waals surface area (Å²) in [7, 11) is 0. The van der Waals surface area contributed by atoms with Crippen LogP contribution in [0.15, 0.2) is 78.0 Å². The molecule has 384 valence electrons. The Labute approximate surface area is 399 Å². The molecule has 8 rings (SSSR count). The van der Waals surface area contributed by atoms with Crippen molar-refractivity contribution < 1.29 is 96.6 Å². The average Bonchev–Trinajstić information content (AvgIpc) is 3.37. The number of rotatable bonds is 9. The largest absolute Gasteiger partial charge is 0.305 e. The predicted octanol–water partition coefficient (Wildman–Crippen LogP) is 17.0. The van der Waals surface area contributed by atoms with E-state index >= 15 is 35.1 Å². The van der Waals surface area contributed by atoms with E-state index in [0.29, 0.717) is 30.3 Å². The Kier molecular flexibility index (Phi) is 13.6. The van der Waals surface area contributed by atoms with Crippen molar-refractivity contribution in [1.29, 1.82) is 0 Å². The summed E-state index contributed by atoms with van der Waals surface area (Å²) in [6.45, 7) is 2.40. The summed E-state index contributed by atoms with van der Waals surface area (Å²) in [4.78, 5) is 0.523. The molecule has 0 radical (unpaired) electrons. The second kappa shape index (κ2) is 19.2. The summed E-state index contributed by atoms with van der Waals surface area (Å²) in [5.74, 6) is -56.8. The average molecular weight is 1070 g/mol. The van der Waals surface area contributed by atoms with Crippen LogP contribution < -0.4 is 9.80 Å². The van der Waals surface area contributed by atoms with Crippen molar-refractivity contribution in [3.63, 3.8) is 0 Å². The number of hydrogen-bond acceptors (Lipinski definition) is 2. The van der Waals surface area contributed by atoms with Gasteiger partial charge in [0.25, 0.3) is 0 Å². The van der Waals surface area contributed by atoms with Crippen LogP contribution in [0.5, 0.6) is 0 Å². The van der Waals surface area contributed by atoms with Crippen LogP contribution in [0.4, 0.5) is 125 Å². The first kappa shape index (κ1) is 52.4. The van der Waals surface area contributed by atoms with E-state index in [1.165, 1.54) is 26.0 Å². The fourth-order valence-corrected chi connectivity index (χ4v) is 8.25. The first-order chi connectivity index (χ1) is 34.7. The monoisotopic (exact) mass is 1070 g/mol. The first-order valence-electron chi connectivity index (χ1n) is 20.5. The maximum Gasteiger partial charge on any atom is 0.200 e. The summed E-state index contributed by atoms with van der Waals surface area (Å²) in [5, 5.41) is 0.